The van der Waals surface area contributed by atoms with Gasteiger partial charge in [-0.1, -0.05) is 24.5 Å². The Bertz CT molecular complexity index is 231. The Balaban J connectivity index is 2.30. The van der Waals surface area contributed by atoms with Crippen LogP contribution in [0.15, 0.2) is 11.6 Å². The number of cyclic esters (lactones) is 1. The molecule has 1 aliphatic heterocycles. The second-order valence-corrected chi connectivity index (χ2v) is 4.68. The predicted molar refractivity (Wildman–Crippen MR) is 66.3 cm³/mol. The molecule has 0 aromatic rings. The SMILES string of the molecule is C/C1=C/CCCCCCC(=O)OCCCC1. The van der Waals surface area contributed by atoms with Gasteiger partial charge in [-0.3, -0.25) is 4.79 Å². The third-order valence-electron chi connectivity index (χ3n) is 3.06. The van der Waals surface area contributed by atoms with E-state index < -0.39 is 0 Å². The van der Waals surface area contributed by atoms with Crippen LogP contribution in [0.3, 0.4) is 0 Å². The zero-order valence-electron chi connectivity index (χ0n) is 10.5. The summed E-state index contributed by atoms with van der Waals surface area (Å²) in [6.45, 7) is 2.81. The molecule has 92 valence electrons. The van der Waals surface area contributed by atoms with Crippen LogP contribution in [0.25, 0.3) is 0 Å². The number of carbonyl (C=O) groups excluding carboxylic acids is 1. The number of allylic oxidation sites excluding steroid dienone is 2. The van der Waals surface area contributed by atoms with E-state index in [0.717, 1.165) is 32.1 Å². The molecule has 2 heteroatoms. The van der Waals surface area contributed by atoms with Gasteiger partial charge in [-0.05, 0) is 45.4 Å². The van der Waals surface area contributed by atoms with Crippen LogP contribution >= 0.6 is 0 Å². The largest absolute Gasteiger partial charge is 0.466 e. The summed E-state index contributed by atoms with van der Waals surface area (Å²) in [6, 6.07) is 0. The third kappa shape index (κ3) is 6.65. The van der Waals surface area contributed by atoms with E-state index in [1.165, 1.54) is 24.8 Å². The Kier molecular flexibility index (Phi) is 6.95. The molecule has 0 atom stereocenters. The highest BCUT2D eigenvalue weighted by Crippen LogP contribution is 2.12. The molecule has 0 aromatic carbocycles. The second kappa shape index (κ2) is 8.37. The van der Waals surface area contributed by atoms with E-state index in [-0.39, 0.29) is 5.97 Å². The van der Waals surface area contributed by atoms with E-state index >= 15 is 0 Å². The van der Waals surface area contributed by atoms with Crippen LogP contribution in [0, 0.1) is 0 Å². The van der Waals surface area contributed by atoms with Gasteiger partial charge in [0.2, 0.25) is 0 Å². The van der Waals surface area contributed by atoms with E-state index in [0.29, 0.717) is 13.0 Å². The Morgan fingerprint density at radius 1 is 1.00 bits per heavy atom. The maximum Gasteiger partial charge on any atom is 0.305 e. The van der Waals surface area contributed by atoms with Crippen LogP contribution < -0.4 is 0 Å². The third-order valence-corrected chi connectivity index (χ3v) is 3.06. The predicted octanol–water partition coefficient (Wildman–Crippen LogP) is 4.00. The molecule has 0 N–H and O–H groups in total. The van der Waals surface area contributed by atoms with Crippen molar-refractivity contribution in [2.75, 3.05) is 6.61 Å². The molecule has 0 radical (unpaired) electrons. The lowest BCUT2D eigenvalue weighted by Crippen LogP contribution is -2.05. The van der Waals surface area contributed by atoms with Gasteiger partial charge < -0.3 is 4.74 Å². The van der Waals surface area contributed by atoms with Crippen molar-refractivity contribution in [3.05, 3.63) is 11.6 Å². The number of carbonyl (C=O) groups is 1. The van der Waals surface area contributed by atoms with E-state index in [1.54, 1.807) is 0 Å². The molecule has 0 saturated heterocycles. The molecule has 0 saturated carbocycles. The number of hydrogen-bond donors (Lipinski definition) is 0. The molecule has 1 rings (SSSR count). The summed E-state index contributed by atoms with van der Waals surface area (Å²) in [6.07, 6.45) is 12.1. The molecule has 0 unspecified atom stereocenters. The summed E-state index contributed by atoms with van der Waals surface area (Å²) < 4.78 is 5.16. The van der Waals surface area contributed by atoms with Gasteiger partial charge in [-0.25, -0.2) is 0 Å². The van der Waals surface area contributed by atoms with Crippen molar-refractivity contribution < 1.29 is 9.53 Å². The molecular weight excluding hydrogens is 200 g/mol. The zero-order chi connectivity index (χ0) is 11.6. The molecule has 0 bridgehead atoms. The van der Waals surface area contributed by atoms with Gasteiger partial charge in [0.15, 0.2) is 0 Å². The fraction of sp³-hybridized carbons (Fsp3) is 0.786. The molecule has 0 amide bonds. The highest BCUT2D eigenvalue weighted by atomic mass is 16.5. The first-order valence-corrected chi connectivity index (χ1v) is 6.60. The monoisotopic (exact) mass is 224 g/mol. The van der Waals surface area contributed by atoms with Gasteiger partial charge in [-0.15, -0.1) is 0 Å². The first-order valence-electron chi connectivity index (χ1n) is 6.60. The summed E-state index contributed by atoms with van der Waals surface area (Å²) in [4.78, 5) is 11.3. The smallest absolute Gasteiger partial charge is 0.305 e. The summed E-state index contributed by atoms with van der Waals surface area (Å²) in [7, 11) is 0. The van der Waals surface area contributed by atoms with E-state index in [4.69, 9.17) is 4.74 Å². The zero-order valence-corrected chi connectivity index (χ0v) is 10.5. The van der Waals surface area contributed by atoms with Crippen LogP contribution in [0.4, 0.5) is 0 Å². The minimum absolute atomic E-state index is 0.00989. The highest BCUT2D eigenvalue weighted by molar-refractivity contribution is 5.69. The lowest BCUT2D eigenvalue weighted by atomic mass is 10.1. The van der Waals surface area contributed by atoms with Crippen molar-refractivity contribution in [3.63, 3.8) is 0 Å². The standard InChI is InChI=1S/C14H24O2/c1-13-9-5-3-2-4-6-11-14(15)16-12-8-7-10-13/h9H,2-8,10-12H2,1H3/b13-9-. The first-order chi connectivity index (χ1) is 7.79. The van der Waals surface area contributed by atoms with Crippen LogP contribution in [-0.2, 0) is 9.53 Å². The van der Waals surface area contributed by atoms with Crippen LogP contribution in [0.1, 0.15) is 64.7 Å². The number of rotatable bonds is 0. The number of ether oxygens (including phenoxy) is 1. The van der Waals surface area contributed by atoms with Crippen LogP contribution in [0.5, 0.6) is 0 Å². The van der Waals surface area contributed by atoms with Crippen LogP contribution in [0.2, 0.25) is 0 Å². The lowest BCUT2D eigenvalue weighted by Gasteiger charge is -2.07. The minimum atomic E-state index is -0.00989. The first kappa shape index (κ1) is 13.3. The van der Waals surface area contributed by atoms with Crippen molar-refractivity contribution in [2.45, 2.75) is 64.7 Å². The normalized spacial score (nSPS) is 25.1. The molecule has 1 heterocycles. The summed E-state index contributed by atoms with van der Waals surface area (Å²) >= 11 is 0. The van der Waals surface area contributed by atoms with Gasteiger partial charge in [0, 0.05) is 6.42 Å². The van der Waals surface area contributed by atoms with Gasteiger partial charge in [0.25, 0.3) is 0 Å². The van der Waals surface area contributed by atoms with Gasteiger partial charge in [0.1, 0.15) is 0 Å². The quantitative estimate of drug-likeness (QED) is 0.459. The lowest BCUT2D eigenvalue weighted by molar-refractivity contribution is -0.143. The van der Waals surface area contributed by atoms with E-state index in [9.17, 15) is 4.79 Å². The van der Waals surface area contributed by atoms with Gasteiger partial charge in [-0.2, -0.15) is 0 Å². The molecule has 1 aliphatic rings. The maximum absolute atomic E-state index is 11.3. The average molecular weight is 224 g/mol. The fourth-order valence-corrected chi connectivity index (χ4v) is 1.98. The Morgan fingerprint density at radius 3 is 2.62 bits per heavy atom. The molecular formula is C14H24O2. The summed E-state index contributed by atoms with van der Waals surface area (Å²) in [5.41, 5.74) is 1.49. The fourth-order valence-electron chi connectivity index (χ4n) is 1.98. The Hall–Kier alpha value is -0.790. The van der Waals surface area contributed by atoms with Crippen LogP contribution in [-0.4, -0.2) is 12.6 Å². The Labute approximate surface area is 99.1 Å². The molecule has 16 heavy (non-hydrogen) atoms. The maximum atomic E-state index is 11.3. The number of esters is 1. The van der Waals surface area contributed by atoms with Gasteiger partial charge >= 0.3 is 5.97 Å². The van der Waals surface area contributed by atoms with Gasteiger partial charge in [0.05, 0.1) is 6.61 Å². The molecule has 0 spiro atoms. The number of hydrogen-bond acceptors (Lipinski definition) is 2. The van der Waals surface area contributed by atoms with Crippen molar-refractivity contribution in [3.8, 4) is 0 Å². The van der Waals surface area contributed by atoms with Crippen molar-refractivity contribution >= 4 is 5.97 Å². The van der Waals surface area contributed by atoms with E-state index in [1.807, 2.05) is 0 Å². The van der Waals surface area contributed by atoms with E-state index in [2.05, 4.69) is 13.0 Å². The molecule has 0 aromatic heterocycles. The summed E-state index contributed by atoms with van der Waals surface area (Å²) in [5.74, 6) is -0.00989. The minimum Gasteiger partial charge on any atom is -0.466 e. The van der Waals surface area contributed by atoms with Crippen molar-refractivity contribution in [2.24, 2.45) is 0 Å². The molecule has 2 nitrogen and oxygen atoms in total. The second-order valence-electron chi connectivity index (χ2n) is 4.68. The summed E-state index contributed by atoms with van der Waals surface area (Å²) in [5, 5.41) is 0. The van der Waals surface area contributed by atoms with Crippen molar-refractivity contribution in [1.82, 2.24) is 0 Å². The topological polar surface area (TPSA) is 26.3 Å². The molecule has 0 aliphatic carbocycles. The average Bonchev–Trinajstić information content (AvgIpc) is 2.26. The van der Waals surface area contributed by atoms with Crippen molar-refractivity contribution in [1.29, 1.82) is 0 Å². The molecule has 0 fully saturated rings. The highest BCUT2D eigenvalue weighted by Gasteiger charge is 2.03. The Morgan fingerprint density at radius 2 is 1.75 bits per heavy atom.